The molecule has 5 rings (SSSR count). The summed E-state index contributed by atoms with van der Waals surface area (Å²) in [5, 5.41) is 0. The Morgan fingerprint density at radius 2 is 1.64 bits per heavy atom. The van der Waals surface area contributed by atoms with Crippen molar-refractivity contribution in [3.8, 4) is 17.0 Å². The molecule has 1 saturated carbocycles. The van der Waals surface area contributed by atoms with E-state index < -0.39 is 0 Å². The number of hydrogen-bond acceptors (Lipinski definition) is 3. The molecule has 0 N–H and O–H groups in total. The third-order valence-electron chi connectivity index (χ3n) is 6.00. The van der Waals surface area contributed by atoms with Crippen LogP contribution in [0, 0.1) is 0 Å². The standard InChI is InChI=1S/C24H22N2O2/c1-26-21-14-20(17-10-6-3-7-11-17)23(25-24(21)28-15-22(26)27)19-13-12-18(19)16-8-4-2-5-9-16/h2-11,14,18-19H,12-13,15H2,1H3. The zero-order valence-electron chi connectivity index (χ0n) is 15.8. The van der Waals surface area contributed by atoms with Crippen molar-refractivity contribution in [3.63, 3.8) is 0 Å². The van der Waals surface area contributed by atoms with Crippen LogP contribution in [0.4, 0.5) is 5.69 Å². The first-order valence-electron chi connectivity index (χ1n) is 9.77. The fraction of sp³-hybridized carbons (Fsp3) is 0.250. The van der Waals surface area contributed by atoms with Crippen LogP contribution in [-0.4, -0.2) is 24.5 Å². The SMILES string of the molecule is CN1C(=O)COc2nc(C3CCC3c3ccccc3)c(-c3ccccc3)cc21. The predicted octanol–water partition coefficient (Wildman–Crippen LogP) is 4.77. The number of carbonyl (C=O) groups excluding carboxylic acids is 1. The minimum absolute atomic E-state index is 0.0490. The lowest BCUT2D eigenvalue weighted by Crippen LogP contribution is -2.36. The molecule has 0 bridgehead atoms. The summed E-state index contributed by atoms with van der Waals surface area (Å²) < 4.78 is 5.70. The maximum atomic E-state index is 12.1. The number of likely N-dealkylation sites (N-methyl/N-ethyl adjacent to an activating group) is 1. The second-order valence-electron chi connectivity index (χ2n) is 7.55. The van der Waals surface area contributed by atoms with Gasteiger partial charge in [0.05, 0.1) is 5.69 Å². The molecule has 2 atom stereocenters. The number of anilines is 1. The molecule has 1 fully saturated rings. The maximum absolute atomic E-state index is 12.1. The zero-order valence-corrected chi connectivity index (χ0v) is 15.8. The van der Waals surface area contributed by atoms with Gasteiger partial charge >= 0.3 is 0 Å². The van der Waals surface area contributed by atoms with Crippen molar-refractivity contribution < 1.29 is 9.53 Å². The van der Waals surface area contributed by atoms with Crippen LogP contribution in [0.25, 0.3) is 11.1 Å². The van der Waals surface area contributed by atoms with Crippen molar-refractivity contribution in [1.82, 2.24) is 4.98 Å². The van der Waals surface area contributed by atoms with Crippen LogP contribution in [-0.2, 0) is 4.79 Å². The normalized spacial score (nSPS) is 20.9. The van der Waals surface area contributed by atoms with Crippen molar-refractivity contribution >= 4 is 11.6 Å². The van der Waals surface area contributed by atoms with Crippen LogP contribution in [0.1, 0.15) is 35.9 Å². The quantitative estimate of drug-likeness (QED) is 0.667. The summed E-state index contributed by atoms with van der Waals surface area (Å²) in [4.78, 5) is 18.7. The van der Waals surface area contributed by atoms with Crippen molar-refractivity contribution in [2.75, 3.05) is 18.6 Å². The average molecular weight is 370 g/mol. The predicted molar refractivity (Wildman–Crippen MR) is 110 cm³/mol. The molecular formula is C24H22N2O2. The number of amides is 1. The molecule has 3 aromatic rings. The largest absolute Gasteiger partial charge is 0.466 e. The van der Waals surface area contributed by atoms with E-state index in [1.165, 1.54) is 12.0 Å². The summed E-state index contributed by atoms with van der Waals surface area (Å²) >= 11 is 0. The van der Waals surface area contributed by atoms with Gasteiger partial charge in [-0.15, -0.1) is 0 Å². The van der Waals surface area contributed by atoms with E-state index in [1.807, 2.05) is 18.2 Å². The number of pyridine rings is 1. The summed E-state index contributed by atoms with van der Waals surface area (Å²) in [5.41, 5.74) is 5.40. The summed E-state index contributed by atoms with van der Waals surface area (Å²) in [5.74, 6) is 1.34. The van der Waals surface area contributed by atoms with Crippen molar-refractivity contribution in [3.05, 3.63) is 78.0 Å². The molecule has 1 aliphatic heterocycles. The van der Waals surface area contributed by atoms with E-state index in [2.05, 4.69) is 48.5 Å². The van der Waals surface area contributed by atoms with Crippen LogP contribution in [0.15, 0.2) is 66.7 Å². The second kappa shape index (κ2) is 6.79. The number of hydrogen-bond donors (Lipinski definition) is 0. The minimum Gasteiger partial charge on any atom is -0.466 e. The molecule has 1 amide bonds. The van der Waals surface area contributed by atoms with E-state index in [0.29, 0.717) is 17.7 Å². The number of aromatic nitrogens is 1. The Morgan fingerprint density at radius 3 is 2.32 bits per heavy atom. The van der Waals surface area contributed by atoms with Gasteiger partial charge < -0.3 is 9.64 Å². The summed E-state index contributed by atoms with van der Waals surface area (Å²) in [7, 11) is 1.79. The Hall–Kier alpha value is -3.14. The fourth-order valence-corrected chi connectivity index (χ4v) is 4.27. The van der Waals surface area contributed by atoms with E-state index in [1.54, 1.807) is 11.9 Å². The number of fused-ring (bicyclic) bond motifs is 1. The highest BCUT2D eigenvalue weighted by atomic mass is 16.5. The number of ether oxygens (including phenoxy) is 1. The van der Waals surface area contributed by atoms with E-state index in [9.17, 15) is 4.79 Å². The molecule has 0 spiro atoms. The Bertz CT molecular complexity index is 1020. The summed E-state index contributed by atoms with van der Waals surface area (Å²) in [6, 6.07) is 23.1. The third-order valence-corrected chi connectivity index (χ3v) is 6.00. The Morgan fingerprint density at radius 1 is 0.964 bits per heavy atom. The lowest BCUT2D eigenvalue weighted by Gasteiger charge is -2.38. The monoisotopic (exact) mass is 370 g/mol. The first kappa shape index (κ1) is 17.0. The zero-order chi connectivity index (χ0) is 19.1. The number of carbonyl (C=O) groups is 1. The number of benzene rings is 2. The summed E-state index contributed by atoms with van der Waals surface area (Å²) in [6.07, 6.45) is 2.28. The summed E-state index contributed by atoms with van der Waals surface area (Å²) in [6.45, 7) is 0.0490. The first-order chi connectivity index (χ1) is 13.7. The van der Waals surface area contributed by atoms with Gasteiger partial charge in [0.15, 0.2) is 6.61 Å². The van der Waals surface area contributed by atoms with E-state index in [4.69, 9.17) is 9.72 Å². The van der Waals surface area contributed by atoms with Crippen molar-refractivity contribution in [2.24, 2.45) is 0 Å². The molecular weight excluding hydrogens is 348 g/mol. The van der Waals surface area contributed by atoms with Gasteiger partial charge in [-0.2, -0.15) is 0 Å². The molecule has 1 aliphatic carbocycles. The van der Waals surface area contributed by atoms with Gasteiger partial charge in [-0.3, -0.25) is 4.79 Å². The van der Waals surface area contributed by atoms with Gasteiger partial charge in [-0.25, -0.2) is 4.98 Å². The molecule has 0 saturated heterocycles. The highest BCUT2D eigenvalue weighted by Crippen LogP contribution is 2.52. The number of rotatable bonds is 3. The van der Waals surface area contributed by atoms with E-state index >= 15 is 0 Å². The van der Waals surface area contributed by atoms with Crippen LogP contribution >= 0.6 is 0 Å². The molecule has 28 heavy (non-hydrogen) atoms. The average Bonchev–Trinajstić information content (AvgIpc) is 2.71. The minimum atomic E-state index is -0.0492. The van der Waals surface area contributed by atoms with Crippen molar-refractivity contribution in [1.29, 1.82) is 0 Å². The third kappa shape index (κ3) is 2.76. The molecule has 2 aliphatic rings. The van der Waals surface area contributed by atoms with E-state index in [-0.39, 0.29) is 12.5 Å². The molecule has 4 nitrogen and oxygen atoms in total. The van der Waals surface area contributed by atoms with Crippen LogP contribution in [0.5, 0.6) is 5.88 Å². The second-order valence-corrected chi connectivity index (χ2v) is 7.55. The van der Waals surface area contributed by atoms with Gasteiger partial charge in [0, 0.05) is 18.5 Å². The first-order valence-corrected chi connectivity index (χ1v) is 9.77. The van der Waals surface area contributed by atoms with Gasteiger partial charge in [0.25, 0.3) is 5.91 Å². The molecule has 1 aromatic heterocycles. The van der Waals surface area contributed by atoms with Crippen molar-refractivity contribution in [2.45, 2.75) is 24.7 Å². The molecule has 4 heteroatoms. The molecule has 0 radical (unpaired) electrons. The van der Waals surface area contributed by atoms with Crippen LogP contribution < -0.4 is 9.64 Å². The molecule has 140 valence electrons. The highest BCUT2D eigenvalue weighted by molar-refractivity contribution is 5.97. The van der Waals surface area contributed by atoms with Gasteiger partial charge in [0.1, 0.15) is 5.69 Å². The lowest BCUT2D eigenvalue weighted by molar-refractivity contribution is -0.121. The Kier molecular flexibility index (Phi) is 4.12. The van der Waals surface area contributed by atoms with Gasteiger partial charge in [-0.05, 0) is 36.0 Å². The topological polar surface area (TPSA) is 42.4 Å². The Labute approximate surface area is 164 Å². The number of nitrogens with zero attached hydrogens (tertiary/aromatic N) is 2. The fourth-order valence-electron chi connectivity index (χ4n) is 4.27. The highest BCUT2D eigenvalue weighted by Gasteiger charge is 2.37. The smallest absolute Gasteiger partial charge is 0.264 e. The lowest BCUT2D eigenvalue weighted by atomic mass is 9.67. The van der Waals surface area contributed by atoms with E-state index in [0.717, 1.165) is 28.9 Å². The molecule has 2 heterocycles. The molecule has 2 unspecified atom stereocenters. The van der Waals surface area contributed by atoms with Crippen LogP contribution in [0.2, 0.25) is 0 Å². The Balaban J connectivity index is 1.64. The molecule has 2 aromatic carbocycles. The maximum Gasteiger partial charge on any atom is 0.264 e. The van der Waals surface area contributed by atoms with Gasteiger partial charge in [0.2, 0.25) is 5.88 Å². The van der Waals surface area contributed by atoms with Crippen LogP contribution in [0.3, 0.4) is 0 Å². The van der Waals surface area contributed by atoms with Gasteiger partial charge in [-0.1, -0.05) is 60.7 Å².